The maximum absolute atomic E-state index is 4.80. The third-order valence-corrected chi connectivity index (χ3v) is 7.94. The molecule has 0 bridgehead atoms. The molecule has 1 aliphatic carbocycles. The molecule has 2 aromatic heterocycles. The summed E-state index contributed by atoms with van der Waals surface area (Å²) in [5.41, 5.74) is 6.39. The van der Waals surface area contributed by atoms with Crippen LogP contribution in [0.1, 0.15) is 43.6 Å². The number of fused-ring (bicyclic) bond motifs is 3. The molecule has 0 spiro atoms. The van der Waals surface area contributed by atoms with Gasteiger partial charge in [0.05, 0.1) is 5.69 Å². The molecule has 1 saturated carbocycles. The molecular formula is C29H25NS. The second-order valence-corrected chi connectivity index (χ2v) is 9.72. The Hall–Kier alpha value is -2.97. The molecule has 0 amide bonds. The SMILES string of the molecule is c1ccc(-c2ccc3c(c2)sc2c(-c4cc(C5CCCCC5)ccn4)cccc23)cc1. The average molecular weight is 420 g/mol. The molecule has 0 N–H and O–H groups in total. The average Bonchev–Trinajstić information content (AvgIpc) is 3.23. The van der Waals surface area contributed by atoms with Gasteiger partial charge in [-0.05, 0) is 53.6 Å². The quantitative estimate of drug-likeness (QED) is 0.285. The highest BCUT2D eigenvalue weighted by atomic mass is 32.1. The van der Waals surface area contributed by atoms with Crippen molar-refractivity contribution in [3.8, 4) is 22.4 Å². The Bertz CT molecular complexity index is 1360. The van der Waals surface area contributed by atoms with Crippen LogP contribution in [0.3, 0.4) is 0 Å². The van der Waals surface area contributed by atoms with Gasteiger partial charge in [-0.25, -0.2) is 0 Å². The predicted octanol–water partition coefficient (Wildman–Crippen LogP) is 8.83. The highest BCUT2D eigenvalue weighted by molar-refractivity contribution is 7.26. The van der Waals surface area contributed by atoms with E-state index >= 15 is 0 Å². The largest absolute Gasteiger partial charge is 0.256 e. The van der Waals surface area contributed by atoms with Crippen molar-refractivity contribution in [1.29, 1.82) is 0 Å². The second-order valence-electron chi connectivity index (χ2n) is 8.67. The number of hydrogen-bond donors (Lipinski definition) is 0. The first-order valence-electron chi connectivity index (χ1n) is 11.3. The molecule has 3 aromatic carbocycles. The minimum Gasteiger partial charge on any atom is -0.256 e. The van der Waals surface area contributed by atoms with Gasteiger partial charge in [0, 0.05) is 31.9 Å². The van der Waals surface area contributed by atoms with E-state index in [2.05, 4.69) is 78.9 Å². The van der Waals surface area contributed by atoms with E-state index in [1.807, 2.05) is 17.5 Å². The van der Waals surface area contributed by atoms with Crippen LogP contribution in [0.4, 0.5) is 0 Å². The number of pyridine rings is 1. The zero-order valence-corrected chi connectivity index (χ0v) is 18.4. The number of benzene rings is 3. The molecule has 1 fully saturated rings. The summed E-state index contributed by atoms with van der Waals surface area (Å²) in [5.74, 6) is 0.700. The molecule has 2 heterocycles. The summed E-state index contributed by atoms with van der Waals surface area (Å²) in [6.45, 7) is 0. The van der Waals surface area contributed by atoms with Gasteiger partial charge in [0.1, 0.15) is 0 Å². The Balaban J connectivity index is 1.47. The molecule has 0 unspecified atom stereocenters. The highest BCUT2D eigenvalue weighted by Gasteiger charge is 2.17. The Kier molecular flexibility index (Phi) is 4.81. The van der Waals surface area contributed by atoms with Crippen molar-refractivity contribution in [2.45, 2.75) is 38.0 Å². The van der Waals surface area contributed by atoms with Crippen LogP contribution in [0.2, 0.25) is 0 Å². The van der Waals surface area contributed by atoms with E-state index in [4.69, 9.17) is 4.98 Å². The monoisotopic (exact) mass is 419 g/mol. The maximum Gasteiger partial charge on any atom is 0.0719 e. The van der Waals surface area contributed by atoms with Crippen LogP contribution >= 0.6 is 11.3 Å². The van der Waals surface area contributed by atoms with Gasteiger partial charge >= 0.3 is 0 Å². The molecular weight excluding hydrogens is 394 g/mol. The fraction of sp³-hybridized carbons (Fsp3) is 0.207. The van der Waals surface area contributed by atoms with E-state index in [0.29, 0.717) is 5.92 Å². The van der Waals surface area contributed by atoms with Crippen molar-refractivity contribution in [3.63, 3.8) is 0 Å². The maximum atomic E-state index is 4.80. The Morgan fingerprint density at radius 1 is 0.710 bits per heavy atom. The number of aromatic nitrogens is 1. The molecule has 1 aliphatic rings. The van der Waals surface area contributed by atoms with Crippen molar-refractivity contribution in [2.24, 2.45) is 0 Å². The van der Waals surface area contributed by atoms with E-state index < -0.39 is 0 Å². The van der Waals surface area contributed by atoms with Crippen LogP contribution in [0.15, 0.2) is 85.1 Å². The smallest absolute Gasteiger partial charge is 0.0719 e. The summed E-state index contributed by atoms with van der Waals surface area (Å²) >= 11 is 1.89. The fourth-order valence-corrected chi connectivity index (χ4v) is 6.36. The van der Waals surface area contributed by atoms with Crippen molar-refractivity contribution in [2.75, 3.05) is 0 Å². The summed E-state index contributed by atoms with van der Waals surface area (Å²) in [5, 5.41) is 2.67. The van der Waals surface area contributed by atoms with Gasteiger partial charge in [-0.1, -0.05) is 79.9 Å². The molecule has 6 rings (SSSR count). The van der Waals surface area contributed by atoms with Gasteiger partial charge < -0.3 is 0 Å². The van der Waals surface area contributed by atoms with Gasteiger partial charge in [0.15, 0.2) is 0 Å². The molecule has 0 radical (unpaired) electrons. The molecule has 2 heteroatoms. The van der Waals surface area contributed by atoms with E-state index in [-0.39, 0.29) is 0 Å². The van der Waals surface area contributed by atoms with Gasteiger partial charge in [-0.3, -0.25) is 4.98 Å². The zero-order valence-electron chi connectivity index (χ0n) is 17.6. The van der Waals surface area contributed by atoms with Gasteiger partial charge in [-0.2, -0.15) is 0 Å². The third kappa shape index (κ3) is 3.45. The summed E-state index contributed by atoms with van der Waals surface area (Å²) in [7, 11) is 0. The van der Waals surface area contributed by atoms with Crippen molar-refractivity contribution >= 4 is 31.5 Å². The molecule has 5 aromatic rings. The lowest BCUT2D eigenvalue weighted by molar-refractivity contribution is 0.443. The summed E-state index contributed by atoms with van der Waals surface area (Å²) in [4.78, 5) is 4.80. The van der Waals surface area contributed by atoms with E-state index in [1.54, 1.807) is 0 Å². The third-order valence-electron chi connectivity index (χ3n) is 6.74. The molecule has 0 saturated heterocycles. The van der Waals surface area contributed by atoms with Crippen LogP contribution in [0.25, 0.3) is 42.6 Å². The van der Waals surface area contributed by atoms with E-state index in [0.717, 1.165) is 5.69 Å². The second kappa shape index (κ2) is 7.94. The van der Waals surface area contributed by atoms with Crippen molar-refractivity contribution in [1.82, 2.24) is 4.98 Å². The van der Waals surface area contributed by atoms with Gasteiger partial charge in [0.2, 0.25) is 0 Å². The van der Waals surface area contributed by atoms with E-state index in [1.165, 1.54) is 74.5 Å². The first kappa shape index (κ1) is 18.8. The van der Waals surface area contributed by atoms with Crippen molar-refractivity contribution < 1.29 is 0 Å². The van der Waals surface area contributed by atoms with Crippen LogP contribution < -0.4 is 0 Å². The number of nitrogens with zero attached hydrogens (tertiary/aromatic N) is 1. The normalized spacial score (nSPS) is 15.0. The minimum absolute atomic E-state index is 0.700. The Morgan fingerprint density at radius 3 is 2.45 bits per heavy atom. The standard InChI is InChI=1S/C29H25NS/c1-3-8-20(9-4-1)22-14-15-24-25-12-7-13-26(29(25)31-28(24)19-22)27-18-23(16-17-30-27)21-10-5-2-6-11-21/h1,3-4,7-9,12-19,21H,2,5-6,10-11H2. The lowest BCUT2D eigenvalue weighted by atomic mass is 9.84. The van der Waals surface area contributed by atoms with Crippen LogP contribution in [-0.4, -0.2) is 4.98 Å². The molecule has 0 aliphatic heterocycles. The van der Waals surface area contributed by atoms with Crippen LogP contribution in [-0.2, 0) is 0 Å². The first-order valence-corrected chi connectivity index (χ1v) is 12.2. The Morgan fingerprint density at radius 2 is 1.58 bits per heavy atom. The zero-order chi connectivity index (χ0) is 20.6. The van der Waals surface area contributed by atoms with Crippen LogP contribution in [0.5, 0.6) is 0 Å². The van der Waals surface area contributed by atoms with Gasteiger partial charge in [-0.15, -0.1) is 11.3 Å². The minimum atomic E-state index is 0.700. The fourth-order valence-electron chi connectivity index (χ4n) is 5.09. The first-order chi connectivity index (χ1) is 15.4. The summed E-state index contributed by atoms with van der Waals surface area (Å²) < 4.78 is 2.68. The Labute approximate surface area is 187 Å². The van der Waals surface area contributed by atoms with Crippen molar-refractivity contribution in [3.05, 3.63) is 90.6 Å². The topological polar surface area (TPSA) is 12.9 Å². The predicted molar refractivity (Wildman–Crippen MR) is 134 cm³/mol. The van der Waals surface area contributed by atoms with Gasteiger partial charge in [0.25, 0.3) is 0 Å². The lowest BCUT2D eigenvalue weighted by Crippen LogP contribution is -2.04. The number of hydrogen-bond acceptors (Lipinski definition) is 2. The molecule has 0 atom stereocenters. The summed E-state index contributed by atoms with van der Waals surface area (Å²) in [6, 6.07) is 28.8. The molecule has 1 nitrogen and oxygen atoms in total. The molecule has 152 valence electrons. The highest BCUT2D eigenvalue weighted by Crippen LogP contribution is 2.41. The lowest BCUT2D eigenvalue weighted by Gasteiger charge is -2.22. The number of rotatable bonds is 3. The number of thiophene rings is 1. The summed E-state index contributed by atoms with van der Waals surface area (Å²) in [6.07, 6.45) is 8.76. The van der Waals surface area contributed by atoms with Crippen LogP contribution in [0, 0.1) is 0 Å². The van der Waals surface area contributed by atoms with E-state index in [9.17, 15) is 0 Å². The molecule has 31 heavy (non-hydrogen) atoms.